The van der Waals surface area contributed by atoms with E-state index in [4.69, 9.17) is 22.2 Å². The molecule has 1 heterocycles. The summed E-state index contributed by atoms with van der Waals surface area (Å²) in [6, 6.07) is 8.93. The number of carbonyl (C=O) groups is 1. The second-order valence-electron chi connectivity index (χ2n) is 3.91. The van der Waals surface area contributed by atoms with E-state index in [0.29, 0.717) is 16.5 Å². The van der Waals surface area contributed by atoms with E-state index in [9.17, 15) is 4.79 Å². The van der Waals surface area contributed by atoms with Crippen LogP contribution in [0.5, 0.6) is 5.75 Å². The molecule has 0 saturated carbocycles. The maximum atomic E-state index is 11.4. The number of hydrogen-bond donors (Lipinski definition) is 2. The molecule has 100 valence electrons. The first-order valence-electron chi connectivity index (χ1n) is 5.59. The molecule has 0 saturated heterocycles. The van der Waals surface area contributed by atoms with Gasteiger partial charge in [0.2, 0.25) is 0 Å². The molecule has 0 bridgehead atoms. The summed E-state index contributed by atoms with van der Waals surface area (Å²) in [7, 11) is 0. The van der Waals surface area contributed by atoms with Crippen molar-refractivity contribution in [2.45, 2.75) is 13.5 Å². The van der Waals surface area contributed by atoms with Crippen molar-refractivity contribution in [3.8, 4) is 5.75 Å². The molecule has 0 aliphatic carbocycles. The van der Waals surface area contributed by atoms with Crippen LogP contribution in [0.3, 0.4) is 0 Å². The highest BCUT2D eigenvalue weighted by atomic mass is 35.5. The summed E-state index contributed by atoms with van der Waals surface area (Å²) in [6.45, 7) is 2.35. The maximum Gasteiger partial charge on any atom is 0.275 e. The lowest BCUT2D eigenvalue weighted by molar-refractivity contribution is 0.0957. The maximum absolute atomic E-state index is 11.4. The number of amides is 1. The quantitative estimate of drug-likeness (QED) is 0.518. The first-order valence-corrected chi connectivity index (χ1v) is 6.78. The van der Waals surface area contributed by atoms with Crippen molar-refractivity contribution in [2.75, 3.05) is 0 Å². The van der Waals surface area contributed by atoms with Crippen molar-refractivity contribution in [3.63, 3.8) is 0 Å². The topological polar surface area (TPSA) is 64.4 Å². The number of aryl methyl sites for hydroxylation is 1. The highest BCUT2D eigenvalue weighted by molar-refractivity contribution is 7.14. The monoisotopic (exact) mass is 296 g/mol. The van der Waals surface area contributed by atoms with E-state index >= 15 is 0 Å². The predicted octanol–water partition coefficient (Wildman–Crippen LogP) is 2.89. The minimum absolute atomic E-state index is 0.286. The van der Waals surface area contributed by atoms with Gasteiger partial charge in [-0.15, -0.1) is 11.3 Å². The van der Waals surface area contributed by atoms with Gasteiger partial charge >= 0.3 is 0 Å². The van der Waals surface area contributed by atoms with E-state index in [0.717, 1.165) is 16.2 Å². The van der Waals surface area contributed by atoms with Gasteiger partial charge in [0.05, 0.1) is 4.88 Å². The third-order valence-corrected chi connectivity index (χ3v) is 3.93. The zero-order chi connectivity index (χ0) is 13.8. The average Bonchev–Trinajstić information content (AvgIpc) is 2.79. The van der Waals surface area contributed by atoms with Crippen LogP contribution in [-0.2, 0) is 6.61 Å². The first kappa shape index (κ1) is 13.9. The van der Waals surface area contributed by atoms with Gasteiger partial charge in [0.1, 0.15) is 12.4 Å². The molecule has 0 radical (unpaired) electrons. The summed E-state index contributed by atoms with van der Waals surface area (Å²) >= 11 is 7.19. The van der Waals surface area contributed by atoms with Crippen LogP contribution in [0.15, 0.2) is 30.3 Å². The van der Waals surface area contributed by atoms with E-state index in [1.807, 2.05) is 6.92 Å². The van der Waals surface area contributed by atoms with E-state index in [-0.39, 0.29) is 5.91 Å². The summed E-state index contributed by atoms with van der Waals surface area (Å²) in [4.78, 5) is 13.0. The Hall–Kier alpha value is -1.56. The van der Waals surface area contributed by atoms with Crippen molar-refractivity contribution < 1.29 is 9.53 Å². The van der Waals surface area contributed by atoms with Crippen molar-refractivity contribution in [2.24, 2.45) is 5.84 Å². The van der Waals surface area contributed by atoms with E-state index in [2.05, 4.69) is 5.43 Å². The van der Waals surface area contributed by atoms with Gasteiger partial charge in [0.25, 0.3) is 5.91 Å². The standard InChI is InChI=1S/C13H13ClN2O2S/c1-8-9(6-12(19-8)13(17)16-15)7-18-11-4-2-10(14)3-5-11/h2-6H,7,15H2,1H3,(H,16,17). The molecule has 0 aliphatic rings. The third kappa shape index (κ3) is 3.47. The Bertz CT molecular complexity index is 581. The fourth-order valence-electron chi connectivity index (χ4n) is 1.54. The Morgan fingerprint density at radius 2 is 2.11 bits per heavy atom. The van der Waals surface area contributed by atoms with Crippen molar-refractivity contribution >= 4 is 28.8 Å². The lowest BCUT2D eigenvalue weighted by atomic mass is 10.2. The number of ether oxygens (including phenoxy) is 1. The molecular formula is C13H13ClN2O2S. The molecule has 4 nitrogen and oxygen atoms in total. The Morgan fingerprint density at radius 1 is 1.42 bits per heavy atom. The first-order chi connectivity index (χ1) is 9.10. The van der Waals surface area contributed by atoms with Gasteiger partial charge in [-0.1, -0.05) is 11.6 Å². The Morgan fingerprint density at radius 3 is 2.74 bits per heavy atom. The molecule has 1 aromatic heterocycles. The lowest BCUT2D eigenvalue weighted by Gasteiger charge is -2.05. The van der Waals surface area contributed by atoms with Crippen LogP contribution in [-0.4, -0.2) is 5.91 Å². The SMILES string of the molecule is Cc1sc(C(=O)NN)cc1COc1ccc(Cl)cc1. The fourth-order valence-corrected chi connectivity index (χ4v) is 2.60. The molecule has 0 atom stereocenters. The molecular weight excluding hydrogens is 284 g/mol. The number of nitrogens with one attached hydrogen (secondary N) is 1. The second-order valence-corrected chi connectivity index (χ2v) is 5.60. The van der Waals surface area contributed by atoms with Crippen LogP contribution in [0.1, 0.15) is 20.1 Å². The lowest BCUT2D eigenvalue weighted by Crippen LogP contribution is -2.29. The van der Waals surface area contributed by atoms with Crippen LogP contribution < -0.4 is 16.0 Å². The van der Waals surface area contributed by atoms with E-state index < -0.39 is 0 Å². The van der Waals surface area contributed by atoms with Crippen molar-refractivity contribution in [1.82, 2.24) is 5.43 Å². The highest BCUT2D eigenvalue weighted by Gasteiger charge is 2.11. The summed E-state index contributed by atoms with van der Waals surface area (Å²) in [6.07, 6.45) is 0. The number of hydrogen-bond acceptors (Lipinski definition) is 4. The van der Waals surface area contributed by atoms with Crippen LogP contribution in [0, 0.1) is 6.92 Å². The van der Waals surface area contributed by atoms with Crippen molar-refractivity contribution in [1.29, 1.82) is 0 Å². The van der Waals surface area contributed by atoms with E-state index in [1.165, 1.54) is 11.3 Å². The highest BCUT2D eigenvalue weighted by Crippen LogP contribution is 2.23. The second kappa shape index (κ2) is 6.06. The zero-order valence-electron chi connectivity index (χ0n) is 10.3. The summed E-state index contributed by atoms with van der Waals surface area (Å²) in [5, 5.41) is 0.668. The zero-order valence-corrected chi connectivity index (χ0v) is 11.8. The normalized spacial score (nSPS) is 10.3. The summed E-state index contributed by atoms with van der Waals surface area (Å²) < 4.78 is 5.64. The smallest absolute Gasteiger partial charge is 0.275 e. The predicted molar refractivity (Wildman–Crippen MR) is 76.5 cm³/mol. The molecule has 0 unspecified atom stereocenters. The summed E-state index contributed by atoms with van der Waals surface area (Å²) in [5.74, 6) is 5.56. The average molecular weight is 297 g/mol. The number of benzene rings is 1. The van der Waals surface area contributed by atoms with Gasteiger partial charge < -0.3 is 4.74 Å². The number of nitrogen functional groups attached to an aromatic ring is 1. The van der Waals surface area contributed by atoms with Crippen LogP contribution in [0.25, 0.3) is 0 Å². The van der Waals surface area contributed by atoms with Crippen LogP contribution >= 0.6 is 22.9 Å². The van der Waals surface area contributed by atoms with E-state index in [1.54, 1.807) is 30.3 Å². The number of nitrogens with two attached hydrogens (primary N) is 1. The summed E-state index contributed by atoms with van der Waals surface area (Å²) in [5.41, 5.74) is 3.09. The molecule has 1 aromatic carbocycles. The minimum Gasteiger partial charge on any atom is -0.489 e. The van der Waals surface area contributed by atoms with Gasteiger partial charge in [-0.2, -0.15) is 0 Å². The molecule has 0 spiro atoms. The van der Waals surface area contributed by atoms with Crippen LogP contribution in [0.4, 0.5) is 0 Å². The van der Waals surface area contributed by atoms with Gasteiger partial charge in [-0.3, -0.25) is 10.2 Å². The van der Waals surface area contributed by atoms with Crippen molar-refractivity contribution in [3.05, 3.63) is 50.7 Å². The van der Waals surface area contributed by atoms with Gasteiger partial charge in [0.15, 0.2) is 0 Å². The Kier molecular flexibility index (Phi) is 4.42. The number of rotatable bonds is 4. The van der Waals surface area contributed by atoms with Crippen LogP contribution in [0.2, 0.25) is 5.02 Å². The third-order valence-electron chi connectivity index (χ3n) is 2.58. The molecule has 0 fully saturated rings. The number of thiophene rings is 1. The molecule has 2 aromatic rings. The molecule has 2 rings (SSSR count). The number of hydrazine groups is 1. The largest absolute Gasteiger partial charge is 0.489 e. The fraction of sp³-hybridized carbons (Fsp3) is 0.154. The molecule has 3 N–H and O–H groups in total. The molecule has 19 heavy (non-hydrogen) atoms. The number of carbonyl (C=O) groups excluding carboxylic acids is 1. The molecule has 1 amide bonds. The molecule has 0 aliphatic heterocycles. The number of halogens is 1. The van der Waals surface area contributed by atoms with Gasteiger partial charge in [0, 0.05) is 15.5 Å². The van der Waals surface area contributed by atoms with Gasteiger partial charge in [-0.05, 0) is 37.3 Å². The molecule has 6 heteroatoms. The Balaban J connectivity index is 2.05. The Labute approximate surface area is 120 Å². The van der Waals surface area contributed by atoms with Gasteiger partial charge in [-0.25, -0.2) is 5.84 Å². The minimum atomic E-state index is -0.286.